The maximum absolute atomic E-state index is 5.16. The van der Waals surface area contributed by atoms with E-state index in [1.165, 1.54) is 5.56 Å². The summed E-state index contributed by atoms with van der Waals surface area (Å²) in [4.78, 5) is 1.71. The van der Waals surface area contributed by atoms with E-state index in [-0.39, 0.29) is 0 Å². The normalized spacial score (nSPS) is 10.4. The summed E-state index contributed by atoms with van der Waals surface area (Å²) in [5, 5.41) is 0. The van der Waals surface area contributed by atoms with Crippen LogP contribution in [-0.4, -0.2) is 6.61 Å². The molecule has 1 aromatic carbocycles. The topological polar surface area (TPSA) is 9.23 Å². The molecule has 0 bridgehead atoms. The van der Waals surface area contributed by atoms with E-state index in [2.05, 4.69) is 28.1 Å². The van der Waals surface area contributed by atoms with Gasteiger partial charge in [0.1, 0.15) is 0 Å². The fourth-order valence-corrected chi connectivity index (χ4v) is 1.08. The van der Waals surface area contributed by atoms with Crippen molar-refractivity contribution in [1.29, 1.82) is 0 Å². The Bertz CT molecular complexity index is 231. The molecule has 0 aliphatic rings. The summed E-state index contributed by atoms with van der Waals surface area (Å²) in [5.74, 6) is 0. The Morgan fingerprint density at radius 2 is 2.00 bits per heavy atom. The van der Waals surface area contributed by atoms with Gasteiger partial charge in [-0.3, -0.25) is 0 Å². The second-order valence-electron chi connectivity index (χ2n) is 2.37. The van der Waals surface area contributed by atoms with Crippen LogP contribution in [0.4, 0.5) is 0 Å². The largest absolute Gasteiger partial charge is 0.500 e. The summed E-state index contributed by atoms with van der Waals surface area (Å²) in [5.41, 5.74) is 1.31. The Hall–Kier alpha value is -0.760. The van der Waals surface area contributed by atoms with Crippen molar-refractivity contribution in [3.63, 3.8) is 0 Å². The van der Waals surface area contributed by atoms with Crippen molar-refractivity contribution in [2.45, 2.75) is 6.42 Å². The minimum Gasteiger partial charge on any atom is -0.500 e. The number of hydrogen-bond acceptors (Lipinski definition) is 1. The van der Waals surface area contributed by atoms with Gasteiger partial charge in [-0.25, -0.2) is 0 Å². The van der Waals surface area contributed by atoms with Gasteiger partial charge in [0.05, 0.1) is 12.9 Å². The molecule has 0 N–H and O–H groups in total. The van der Waals surface area contributed by atoms with Gasteiger partial charge in [-0.15, -0.1) is 0 Å². The minimum absolute atomic E-state index is 0.728. The highest BCUT2D eigenvalue weighted by Gasteiger charge is 1.88. The lowest BCUT2D eigenvalue weighted by molar-refractivity contribution is 0.254. The number of halogens is 1. The zero-order valence-corrected chi connectivity index (χ0v) is 8.33. The maximum atomic E-state index is 5.16. The number of hydrogen-bond donors (Lipinski definition) is 0. The van der Waals surface area contributed by atoms with Gasteiger partial charge < -0.3 is 4.74 Å². The molecule has 0 aliphatic carbocycles. The average molecular weight is 227 g/mol. The third-order valence-electron chi connectivity index (χ3n) is 1.50. The van der Waals surface area contributed by atoms with Crippen LogP contribution in [0.3, 0.4) is 0 Å². The first-order valence-corrected chi connectivity index (χ1v) is 4.76. The molecular formula is C10H11BrO. The second kappa shape index (κ2) is 5.84. The van der Waals surface area contributed by atoms with Crippen molar-refractivity contribution in [3.8, 4) is 0 Å². The highest BCUT2D eigenvalue weighted by Crippen LogP contribution is 1.99. The monoisotopic (exact) mass is 226 g/mol. The molecule has 12 heavy (non-hydrogen) atoms. The Kier molecular flexibility index (Phi) is 4.54. The van der Waals surface area contributed by atoms with Gasteiger partial charge in [0.2, 0.25) is 0 Å². The molecule has 0 aromatic heterocycles. The van der Waals surface area contributed by atoms with E-state index in [1.54, 1.807) is 11.2 Å². The van der Waals surface area contributed by atoms with Crippen LogP contribution >= 0.6 is 15.9 Å². The van der Waals surface area contributed by atoms with Gasteiger partial charge in [-0.05, 0) is 5.56 Å². The molecule has 0 radical (unpaired) electrons. The number of benzene rings is 1. The van der Waals surface area contributed by atoms with E-state index in [4.69, 9.17) is 4.74 Å². The van der Waals surface area contributed by atoms with Gasteiger partial charge in [-0.1, -0.05) is 46.3 Å². The molecule has 0 spiro atoms. The van der Waals surface area contributed by atoms with E-state index in [1.807, 2.05) is 18.2 Å². The summed E-state index contributed by atoms with van der Waals surface area (Å²) in [6.07, 6.45) is 2.60. The van der Waals surface area contributed by atoms with Gasteiger partial charge in [0.15, 0.2) is 0 Å². The van der Waals surface area contributed by atoms with Crippen molar-refractivity contribution < 1.29 is 4.74 Å². The predicted octanol–water partition coefficient (Wildman–Crippen LogP) is 3.11. The highest BCUT2D eigenvalue weighted by molar-refractivity contribution is 9.11. The summed E-state index contributed by atoms with van der Waals surface area (Å²) < 4.78 is 5.16. The summed E-state index contributed by atoms with van der Waals surface area (Å²) in [6, 6.07) is 10.3. The van der Waals surface area contributed by atoms with Crippen LogP contribution in [0, 0.1) is 0 Å². The molecule has 0 atom stereocenters. The molecule has 0 saturated carbocycles. The van der Waals surface area contributed by atoms with Crippen LogP contribution in [0.15, 0.2) is 41.6 Å². The van der Waals surface area contributed by atoms with Crippen LogP contribution in [0.5, 0.6) is 0 Å². The van der Waals surface area contributed by atoms with Crippen LogP contribution in [0.1, 0.15) is 5.56 Å². The van der Waals surface area contributed by atoms with Gasteiger partial charge in [0, 0.05) is 11.4 Å². The lowest BCUT2D eigenvalue weighted by Gasteiger charge is -1.99. The molecule has 1 nitrogen and oxygen atoms in total. The van der Waals surface area contributed by atoms with E-state index < -0.39 is 0 Å². The third kappa shape index (κ3) is 3.58. The van der Waals surface area contributed by atoms with E-state index in [9.17, 15) is 0 Å². The highest BCUT2D eigenvalue weighted by atomic mass is 79.9. The van der Waals surface area contributed by atoms with E-state index in [0.717, 1.165) is 13.0 Å². The maximum Gasteiger partial charge on any atom is 0.0913 e. The van der Waals surface area contributed by atoms with Crippen molar-refractivity contribution in [1.82, 2.24) is 0 Å². The first kappa shape index (κ1) is 9.33. The molecular weight excluding hydrogens is 216 g/mol. The molecule has 0 aliphatic heterocycles. The standard InChI is InChI=1S/C10H11BrO/c11-7-9-12-8-6-10-4-2-1-3-5-10/h1-5,7,9H,6,8H2/b9-7+. The van der Waals surface area contributed by atoms with Crippen molar-refractivity contribution >= 4 is 15.9 Å². The van der Waals surface area contributed by atoms with Crippen LogP contribution < -0.4 is 0 Å². The smallest absolute Gasteiger partial charge is 0.0913 e. The Morgan fingerprint density at radius 3 is 2.67 bits per heavy atom. The molecule has 0 heterocycles. The lowest BCUT2D eigenvalue weighted by Crippen LogP contribution is -1.92. The summed E-state index contributed by atoms with van der Waals surface area (Å²) in [6.45, 7) is 0.728. The third-order valence-corrected chi connectivity index (χ3v) is 1.71. The van der Waals surface area contributed by atoms with Crippen molar-refractivity contribution in [2.24, 2.45) is 0 Å². The van der Waals surface area contributed by atoms with Crippen molar-refractivity contribution in [3.05, 3.63) is 47.1 Å². The fraction of sp³-hybridized carbons (Fsp3) is 0.200. The SMILES string of the molecule is Br/C=C/OCCc1ccccc1. The van der Waals surface area contributed by atoms with Crippen LogP contribution in [0.2, 0.25) is 0 Å². The number of rotatable bonds is 4. The number of ether oxygens (including phenoxy) is 1. The molecule has 0 amide bonds. The minimum atomic E-state index is 0.728. The van der Waals surface area contributed by atoms with Gasteiger partial charge >= 0.3 is 0 Å². The second-order valence-corrected chi connectivity index (χ2v) is 2.90. The Labute approximate surface area is 81.2 Å². The molecule has 0 saturated heterocycles. The van der Waals surface area contributed by atoms with Gasteiger partial charge in [0.25, 0.3) is 0 Å². The van der Waals surface area contributed by atoms with Crippen LogP contribution in [0.25, 0.3) is 0 Å². The molecule has 64 valence electrons. The molecule has 1 aromatic rings. The predicted molar refractivity (Wildman–Crippen MR) is 54.2 cm³/mol. The summed E-state index contributed by atoms with van der Waals surface area (Å²) in [7, 11) is 0. The van der Waals surface area contributed by atoms with Crippen LogP contribution in [-0.2, 0) is 11.2 Å². The average Bonchev–Trinajstić information content (AvgIpc) is 2.14. The zero-order valence-electron chi connectivity index (χ0n) is 6.74. The molecule has 2 heteroatoms. The first-order valence-electron chi connectivity index (χ1n) is 3.84. The van der Waals surface area contributed by atoms with E-state index >= 15 is 0 Å². The molecule has 0 unspecified atom stereocenters. The Morgan fingerprint density at radius 1 is 1.25 bits per heavy atom. The van der Waals surface area contributed by atoms with Crippen molar-refractivity contribution in [2.75, 3.05) is 6.61 Å². The Balaban J connectivity index is 2.24. The summed E-state index contributed by atoms with van der Waals surface area (Å²) >= 11 is 3.13. The lowest BCUT2D eigenvalue weighted by atomic mass is 10.2. The fourth-order valence-electron chi connectivity index (χ4n) is 0.926. The molecule has 0 fully saturated rings. The van der Waals surface area contributed by atoms with E-state index in [0.29, 0.717) is 0 Å². The first-order chi connectivity index (χ1) is 5.93. The molecule has 1 rings (SSSR count). The quantitative estimate of drug-likeness (QED) is 0.567. The zero-order chi connectivity index (χ0) is 8.65. The van der Waals surface area contributed by atoms with Gasteiger partial charge in [-0.2, -0.15) is 0 Å².